The van der Waals surface area contributed by atoms with Crippen molar-refractivity contribution < 1.29 is 28.3 Å². The van der Waals surface area contributed by atoms with Crippen LogP contribution in [-0.4, -0.2) is 91.1 Å². The number of ether oxygens (including phenoxy) is 2. The summed E-state index contributed by atoms with van der Waals surface area (Å²) in [5.41, 5.74) is 0.378. The van der Waals surface area contributed by atoms with Gasteiger partial charge in [0.25, 0.3) is 11.8 Å². The van der Waals surface area contributed by atoms with Crippen LogP contribution in [0.2, 0.25) is 0 Å². The van der Waals surface area contributed by atoms with Gasteiger partial charge in [-0.1, -0.05) is 0 Å². The third-order valence-electron chi connectivity index (χ3n) is 6.84. The smallest absolute Gasteiger partial charge is 0.259 e. The van der Waals surface area contributed by atoms with Gasteiger partial charge in [0.15, 0.2) is 0 Å². The minimum absolute atomic E-state index is 0.0611. The second-order valence-electron chi connectivity index (χ2n) is 9.79. The lowest BCUT2D eigenvalue weighted by atomic mass is 9.88. The Kier molecular flexibility index (Phi) is 7.72. The molecule has 1 fully saturated rings. The van der Waals surface area contributed by atoms with E-state index in [1.807, 2.05) is 26.8 Å². The van der Waals surface area contributed by atoms with E-state index in [9.17, 15) is 14.4 Å². The van der Waals surface area contributed by atoms with E-state index >= 15 is 0 Å². The van der Waals surface area contributed by atoms with Crippen molar-refractivity contribution in [3.05, 3.63) is 35.3 Å². The fourth-order valence-electron chi connectivity index (χ4n) is 4.80. The van der Waals surface area contributed by atoms with Crippen LogP contribution in [0.5, 0.6) is 5.88 Å². The first kappa shape index (κ1) is 26.5. The molecule has 0 unspecified atom stereocenters. The number of furan rings is 1. The number of anilines is 2. The number of carbonyl (C=O) groups excluding carboxylic acids is 3. The molecular weight excluding hydrogens is 478 g/mol. The highest BCUT2D eigenvalue weighted by Crippen LogP contribution is 2.34. The summed E-state index contributed by atoms with van der Waals surface area (Å²) in [5.74, 6) is 0.814. The normalized spacial score (nSPS) is 17.0. The first-order valence-corrected chi connectivity index (χ1v) is 12.5. The van der Waals surface area contributed by atoms with Gasteiger partial charge >= 0.3 is 0 Å². The fraction of sp³-hybridized carbons (Fsp3) is 0.538. The second-order valence-corrected chi connectivity index (χ2v) is 9.79. The fourth-order valence-corrected chi connectivity index (χ4v) is 4.80. The van der Waals surface area contributed by atoms with Crippen LogP contribution in [0.25, 0.3) is 0 Å². The van der Waals surface area contributed by atoms with E-state index in [-0.39, 0.29) is 28.8 Å². The van der Waals surface area contributed by atoms with Gasteiger partial charge in [-0.05, 0) is 32.9 Å². The van der Waals surface area contributed by atoms with Crippen molar-refractivity contribution in [2.24, 2.45) is 0 Å². The number of methoxy groups -OCH3 is 1. The monoisotopic (exact) mass is 513 g/mol. The lowest BCUT2D eigenvalue weighted by Gasteiger charge is -2.41. The van der Waals surface area contributed by atoms with Gasteiger partial charge in [-0.3, -0.25) is 14.4 Å². The maximum absolute atomic E-state index is 13.4. The number of rotatable bonds is 8. The van der Waals surface area contributed by atoms with Gasteiger partial charge in [0.05, 0.1) is 24.3 Å². The maximum Gasteiger partial charge on any atom is 0.259 e. The third kappa shape index (κ3) is 5.41. The van der Waals surface area contributed by atoms with Crippen LogP contribution in [0.3, 0.4) is 0 Å². The minimum atomic E-state index is -0.477. The minimum Gasteiger partial charge on any atom is -0.476 e. The number of nitrogens with zero attached hydrogens (tertiary/aromatic N) is 4. The van der Waals surface area contributed by atoms with Crippen molar-refractivity contribution in [3.8, 4) is 5.88 Å². The quantitative estimate of drug-likeness (QED) is 0.572. The van der Waals surface area contributed by atoms with Gasteiger partial charge in [-0.25, -0.2) is 0 Å². The highest BCUT2D eigenvalue weighted by atomic mass is 16.5. The summed E-state index contributed by atoms with van der Waals surface area (Å²) < 4.78 is 16.6. The van der Waals surface area contributed by atoms with Crippen LogP contribution in [0.15, 0.2) is 22.8 Å². The topological polar surface area (TPSA) is 117 Å². The molecule has 0 bridgehead atoms. The third-order valence-corrected chi connectivity index (χ3v) is 6.84. The molecule has 2 aliphatic heterocycles. The molecule has 0 saturated carbocycles. The summed E-state index contributed by atoms with van der Waals surface area (Å²) in [4.78, 5) is 48.6. The number of hydrogen-bond donors (Lipinski definition) is 1. The highest BCUT2D eigenvalue weighted by Gasteiger charge is 2.42. The van der Waals surface area contributed by atoms with Crippen molar-refractivity contribution in [2.45, 2.75) is 39.7 Å². The zero-order chi connectivity index (χ0) is 26.7. The summed E-state index contributed by atoms with van der Waals surface area (Å²) in [7, 11) is 1.59. The van der Waals surface area contributed by atoms with Crippen LogP contribution >= 0.6 is 0 Å². The van der Waals surface area contributed by atoms with E-state index in [1.165, 1.54) is 6.26 Å². The van der Waals surface area contributed by atoms with Gasteiger partial charge in [-0.2, -0.15) is 4.98 Å². The predicted molar refractivity (Wildman–Crippen MR) is 137 cm³/mol. The molecule has 2 aromatic rings. The van der Waals surface area contributed by atoms with Gasteiger partial charge < -0.3 is 33.9 Å². The maximum atomic E-state index is 13.4. The Morgan fingerprint density at radius 3 is 2.57 bits per heavy atom. The molecule has 200 valence electrons. The van der Waals surface area contributed by atoms with Crippen molar-refractivity contribution in [1.29, 1.82) is 0 Å². The Hall–Kier alpha value is -3.60. The highest BCUT2D eigenvalue weighted by molar-refractivity contribution is 6.13. The summed E-state index contributed by atoms with van der Waals surface area (Å²) in [6, 6.07) is 3.55. The van der Waals surface area contributed by atoms with Crippen molar-refractivity contribution in [1.82, 2.24) is 14.8 Å². The van der Waals surface area contributed by atoms with Crippen LogP contribution in [0.4, 0.5) is 11.5 Å². The van der Waals surface area contributed by atoms with Gasteiger partial charge in [-0.15, -0.1) is 0 Å². The number of aromatic nitrogens is 1. The first-order chi connectivity index (χ1) is 17.7. The summed E-state index contributed by atoms with van der Waals surface area (Å²) in [5, 5.41) is 2.85. The summed E-state index contributed by atoms with van der Waals surface area (Å²) in [6.07, 6.45) is 1.83. The number of carbonyl (C=O) groups is 3. The molecule has 1 saturated heterocycles. The molecule has 4 rings (SSSR count). The van der Waals surface area contributed by atoms with Crippen molar-refractivity contribution >= 4 is 29.2 Å². The zero-order valence-corrected chi connectivity index (χ0v) is 22.1. The number of nitrogens with one attached hydrogen (secondary N) is 1. The van der Waals surface area contributed by atoms with E-state index < -0.39 is 11.4 Å². The van der Waals surface area contributed by atoms with Gasteiger partial charge in [0.1, 0.15) is 23.5 Å². The van der Waals surface area contributed by atoms with Crippen molar-refractivity contribution in [2.75, 3.05) is 63.3 Å². The molecular formula is C26H35N5O6. The van der Waals surface area contributed by atoms with Crippen molar-refractivity contribution in [3.63, 3.8) is 0 Å². The van der Waals surface area contributed by atoms with Gasteiger partial charge in [0, 0.05) is 58.7 Å². The molecule has 37 heavy (non-hydrogen) atoms. The average molecular weight is 514 g/mol. The molecule has 2 aliphatic rings. The Morgan fingerprint density at radius 2 is 1.92 bits per heavy atom. The molecule has 11 heteroatoms. The molecule has 0 aromatic carbocycles. The molecule has 2 aromatic heterocycles. The molecule has 4 heterocycles. The number of hydrogen-bond acceptors (Lipinski definition) is 8. The van der Waals surface area contributed by atoms with E-state index in [4.69, 9.17) is 13.9 Å². The van der Waals surface area contributed by atoms with Gasteiger partial charge in [0.2, 0.25) is 11.8 Å². The zero-order valence-electron chi connectivity index (χ0n) is 22.1. The Balaban J connectivity index is 1.54. The van der Waals surface area contributed by atoms with Crippen LogP contribution < -0.4 is 15.0 Å². The molecule has 0 radical (unpaired) electrons. The Labute approximate surface area is 216 Å². The summed E-state index contributed by atoms with van der Waals surface area (Å²) >= 11 is 0. The van der Waals surface area contributed by atoms with E-state index in [0.717, 1.165) is 0 Å². The molecule has 3 amide bonds. The summed E-state index contributed by atoms with van der Waals surface area (Å²) in [6.45, 7) is 11.1. The van der Waals surface area contributed by atoms with Crippen LogP contribution in [0.1, 0.15) is 54.2 Å². The largest absolute Gasteiger partial charge is 0.476 e. The molecule has 11 nitrogen and oxygen atoms in total. The first-order valence-electron chi connectivity index (χ1n) is 12.5. The lowest BCUT2D eigenvalue weighted by molar-refractivity contribution is -0.129. The SMILES string of the molecule is CCOc1nc(N2CCN(C(C)=O)CC2)ccc1NC(=O)c1coc2c1C(=O)N(CCOC)C(C)(C)C2. The molecule has 0 spiro atoms. The van der Waals surface area contributed by atoms with E-state index in [0.29, 0.717) is 69.6 Å². The molecule has 0 atom stereocenters. The Bertz CT molecular complexity index is 1170. The molecule has 1 N–H and O–H groups in total. The standard InChI is InChI=1S/C26H35N5O6/c1-6-36-24-19(7-8-21(28-24)30-11-9-29(10-12-30)17(2)32)27-23(33)18-16-37-20-15-26(3,4)31(13-14-35-5)25(34)22(18)20/h7-8,16H,6,9-15H2,1-5H3,(H,27,33). The number of fused-ring (bicyclic) bond motifs is 1. The average Bonchev–Trinajstić information content (AvgIpc) is 3.28. The number of pyridine rings is 1. The Morgan fingerprint density at radius 1 is 1.19 bits per heavy atom. The van der Waals surface area contributed by atoms with Crippen LogP contribution in [0, 0.1) is 0 Å². The van der Waals surface area contributed by atoms with Crippen LogP contribution in [-0.2, 0) is 16.0 Å². The number of amides is 3. The second kappa shape index (κ2) is 10.8. The van der Waals surface area contributed by atoms with E-state index in [2.05, 4.69) is 15.2 Å². The van der Waals surface area contributed by atoms with E-state index in [1.54, 1.807) is 29.9 Å². The molecule has 0 aliphatic carbocycles. The lowest BCUT2D eigenvalue weighted by Crippen LogP contribution is -2.53. The predicted octanol–water partition coefficient (Wildman–Crippen LogP) is 2.42. The number of piperazine rings is 1.